The minimum Gasteiger partial charge on any atom is -0.363 e. The van der Waals surface area contributed by atoms with E-state index < -0.39 is 18.4 Å². The minimum atomic E-state index is -2.62. The smallest absolute Gasteiger partial charge is 0.275 e. The topological polar surface area (TPSA) is 83.0 Å². The second-order valence-corrected chi connectivity index (χ2v) is 7.85. The number of thiocarbonyl (C=S) groups is 1. The predicted molar refractivity (Wildman–Crippen MR) is 123 cm³/mol. The largest absolute Gasteiger partial charge is 0.363 e. The van der Waals surface area contributed by atoms with E-state index in [1.807, 2.05) is 61.5 Å². The van der Waals surface area contributed by atoms with Crippen LogP contribution in [0, 0.1) is 6.92 Å². The summed E-state index contributed by atoms with van der Waals surface area (Å²) in [6.07, 6.45) is -1.19. The molecule has 10 heteroatoms. The number of nitrogens with zero attached hydrogens (tertiary/aromatic N) is 2. The fourth-order valence-corrected chi connectivity index (χ4v) is 3.81. The highest BCUT2D eigenvalue weighted by Crippen LogP contribution is 2.39. The lowest BCUT2D eigenvalue weighted by atomic mass is 9.97. The number of carbonyl (C=O) groups excluding carboxylic acids is 1. The van der Waals surface area contributed by atoms with E-state index in [0.717, 1.165) is 16.8 Å². The molecule has 1 aromatic heterocycles. The van der Waals surface area contributed by atoms with Gasteiger partial charge in [-0.15, -0.1) is 0 Å². The predicted octanol–water partition coefficient (Wildman–Crippen LogP) is 4.19. The minimum absolute atomic E-state index is 0.141. The van der Waals surface area contributed by atoms with Crippen LogP contribution < -0.4 is 21.5 Å². The van der Waals surface area contributed by atoms with Crippen LogP contribution >= 0.6 is 12.2 Å². The Hall–Kier alpha value is -3.53. The van der Waals surface area contributed by atoms with Crippen molar-refractivity contribution < 1.29 is 13.6 Å². The Morgan fingerprint density at radius 2 is 1.88 bits per heavy atom. The number of aromatic nitrogens is 2. The van der Waals surface area contributed by atoms with Gasteiger partial charge >= 0.3 is 0 Å². The molecule has 0 aliphatic carbocycles. The van der Waals surface area contributed by atoms with Gasteiger partial charge in [-0.25, -0.2) is 13.5 Å². The van der Waals surface area contributed by atoms with Crippen molar-refractivity contribution in [2.24, 2.45) is 0 Å². The highest BCUT2D eigenvalue weighted by molar-refractivity contribution is 7.80. The second kappa shape index (κ2) is 9.31. The van der Waals surface area contributed by atoms with Gasteiger partial charge in [0.05, 0.1) is 12.2 Å². The summed E-state index contributed by atoms with van der Waals surface area (Å²) in [7, 11) is 0. The molecule has 166 valence electrons. The van der Waals surface area contributed by atoms with Crippen LogP contribution in [-0.2, 0) is 0 Å². The van der Waals surface area contributed by atoms with E-state index in [1.165, 1.54) is 10.9 Å². The SMILES string of the molecule is Cc1ccccc1NC(=S)NNC(=O)c1cnn2c1N[C@H](c1ccccc1)C[C@H]2C(F)F. The van der Waals surface area contributed by atoms with E-state index in [2.05, 4.69) is 26.6 Å². The van der Waals surface area contributed by atoms with Crippen LogP contribution in [0.1, 0.15) is 40.0 Å². The average Bonchev–Trinajstić information content (AvgIpc) is 3.23. The molecule has 1 aliphatic rings. The number of amides is 1. The van der Waals surface area contributed by atoms with Crippen molar-refractivity contribution in [2.45, 2.75) is 31.9 Å². The summed E-state index contributed by atoms with van der Waals surface area (Å²) in [6, 6.07) is 15.3. The maximum atomic E-state index is 13.8. The first-order valence-electron chi connectivity index (χ1n) is 10.0. The molecular weight excluding hydrogens is 434 g/mol. The van der Waals surface area contributed by atoms with Crippen molar-refractivity contribution in [3.63, 3.8) is 0 Å². The van der Waals surface area contributed by atoms with Crippen molar-refractivity contribution in [3.05, 3.63) is 77.5 Å². The Bertz CT molecular complexity index is 1120. The van der Waals surface area contributed by atoms with Crippen molar-refractivity contribution in [1.82, 2.24) is 20.6 Å². The standard InChI is InChI=1S/C22H22F2N6OS/c1-13-7-5-6-10-16(13)27-22(32)29-28-21(31)15-12-25-30-18(19(23)24)11-17(26-20(15)30)14-8-3-2-4-9-14/h2-10,12,17-19,26H,11H2,1H3,(H,28,31)(H2,27,29,32)/t17-,18-/m0/s1. The monoisotopic (exact) mass is 456 g/mol. The number of hydrazine groups is 1. The zero-order chi connectivity index (χ0) is 22.7. The van der Waals surface area contributed by atoms with Crippen LogP contribution in [-0.4, -0.2) is 27.2 Å². The summed E-state index contributed by atoms with van der Waals surface area (Å²) >= 11 is 5.23. The van der Waals surface area contributed by atoms with Crippen molar-refractivity contribution in [3.8, 4) is 0 Å². The molecule has 3 aromatic rings. The first-order chi connectivity index (χ1) is 15.4. The van der Waals surface area contributed by atoms with Gasteiger partial charge in [0.25, 0.3) is 12.3 Å². The average molecular weight is 457 g/mol. The number of aryl methyl sites for hydroxylation is 1. The summed E-state index contributed by atoms with van der Waals surface area (Å²) < 4.78 is 28.7. The van der Waals surface area contributed by atoms with Crippen LogP contribution in [0.5, 0.6) is 0 Å². The van der Waals surface area contributed by atoms with Gasteiger partial charge in [-0.05, 0) is 42.8 Å². The number of hydrogen-bond acceptors (Lipinski definition) is 4. The van der Waals surface area contributed by atoms with Gasteiger partial charge in [-0.3, -0.25) is 15.6 Å². The zero-order valence-electron chi connectivity index (χ0n) is 17.2. The number of para-hydroxylation sites is 1. The van der Waals surface area contributed by atoms with Gasteiger partial charge in [0.1, 0.15) is 17.4 Å². The third kappa shape index (κ3) is 4.54. The molecular formula is C22H22F2N6OS. The Balaban J connectivity index is 1.48. The molecule has 0 saturated carbocycles. The number of nitrogens with one attached hydrogen (secondary N) is 4. The molecule has 4 rings (SSSR count). The molecule has 1 aliphatic heterocycles. The molecule has 2 heterocycles. The number of carbonyl (C=O) groups is 1. The van der Waals surface area contributed by atoms with Crippen LogP contribution in [0.15, 0.2) is 60.8 Å². The van der Waals surface area contributed by atoms with Gasteiger partial charge in [0.2, 0.25) is 0 Å². The normalized spacial score (nSPS) is 17.2. The van der Waals surface area contributed by atoms with Crippen LogP contribution in [0.3, 0.4) is 0 Å². The van der Waals surface area contributed by atoms with Crippen LogP contribution in [0.4, 0.5) is 20.3 Å². The number of fused-ring (bicyclic) bond motifs is 1. The van der Waals surface area contributed by atoms with E-state index in [9.17, 15) is 13.6 Å². The molecule has 1 amide bonds. The molecule has 0 fully saturated rings. The Labute approximate surface area is 189 Å². The number of alkyl halides is 2. The molecule has 7 nitrogen and oxygen atoms in total. The molecule has 0 radical (unpaired) electrons. The molecule has 0 unspecified atom stereocenters. The molecule has 32 heavy (non-hydrogen) atoms. The number of benzene rings is 2. The maximum absolute atomic E-state index is 13.8. The summed E-state index contributed by atoms with van der Waals surface area (Å²) in [5, 5.41) is 10.4. The number of rotatable bonds is 4. The molecule has 2 aromatic carbocycles. The summed E-state index contributed by atoms with van der Waals surface area (Å²) in [5.41, 5.74) is 7.93. The lowest BCUT2D eigenvalue weighted by molar-refractivity contribution is 0.0656. The number of hydrogen-bond donors (Lipinski definition) is 4. The fourth-order valence-electron chi connectivity index (χ4n) is 3.65. The molecule has 2 atom stereocenters. The zero-order valence-corrected chi connectivity index (χ0v) is 18.0. The third-order valence-electron chi connectivity index (χ3n) is 5.32. The first-order valence-corrected chi connectivity index (χ1v) is 10.4. The van der Waals surface area contributed by atoms with E-state index in [-0.39, 0.29) is 29.0 Å². The Morgan fingerprint density at radius 3 is 2.59 bits per heavy atom. The quantitative estimate of drug-likeness (QED) is 0.348. The summed E-state index contributed by atoms with van der Waals surface area (Å²) in [6.45, 7) is 1.93. The molecule has 0 saturated heterocycles. The van der Waals surface area contributed by atoms with Crippen molar-refractivity contribution >= 4 is 34.7 Å². The van der Waals surface area contributed by atoms with Crippen molar-refractivity contribution in [1.29, 1.82) is 0 Å². The van der Waals surface area contributed by atoms with E-state index in [4.69, 9.17) is 12.2 Å². The van der Waals surface area contributed by atoms with E-state index >= 15 is 0 Å². The third-order valence-corrected chi connectivity index (χ3v) is 5.52. The summed E-state index contributed by atoms with van der Waals surface area (Å²) in [5.74, 6) is -0.304. The highest BCUT2D eigenvalue weighted by Gasteiger charge is 2.36. The number of anilines is 2. The first kappa shape index (κ1) is 21.7. The molecule has 0 spiro atoms. The van der Waals surface area contributed by atoms with Gasteiger partial charge in [-0.2, -0.15) is 5.10 Å². The highest BCUT2D eigenvalue weighted by atomic mass is 32.1. The van der Waals surface area contributed by atoms with Crippen LogP contribution in [0.25, 0.3) is 0 Å². The van der Waals surface area contributed by atoms with Gasteiger partial charge in [0.15, 0.2) is 5.11 Å². The van der Waals surface area contributed by atoms with E-state index in [1.54, 1.807) is 0 Å². The lowest BCUT2D eigenvalue weighted by Crippen LogP contribution is -2.44. The lowest BCUT2D eigenvalue weighted by Gasteiger charge is -2.32. The number of halogens is 2. The summed E-state index contributed by atoms with van der Waals surface area (Å²) in [4.78, 5) is 12.8. The van der Waals surface area contributed by atoms with E-state index in [0.29, 0.717) is 0 Å². The Kier molecular flexibility index (Phi) is 6.31. The fraction of sp³-hybridized carbons (Fsp3) is 0.227. The molecule has 0 bridgehead atoms. The van der Waals surface area contributed by atoms with Gasteiger partial charge < -0.3 is 10.6 Å². The Morgan fingerprint density at radius 1 is 1.16 bits per heavy atom. The van der Waals surface area contributed by atoms with Gasteiger partial charge in [-0.1, -0.05) is 48.5 Å². The van der Waals surface area contributed by atoms with Crippen molar-refractivity contribution in [2.75, 3.05) is 10.6 Å². The second-order valence-electron chi connectivity index (χ2n) is 7.44. The molecule has 4 N–H and O–H groups in total. The van der Waals surface area contributed by atoms with Crippen LogP contribution in [0.2, 0.25) is 0 Å². The maximum Gasteiger partial charge on any atom is 0.275 e. The van der Waals surface area contributed by atoms with Gasteiger partial charge in [0, 0.05) is 5.69 Å².